The van der Waals surface area contributed by atoms with Gasteiger partial charge in [-0.25, -0.2) is 0 Å². The SMILES string of the molecule is COc1cc2c(cc1OC)[C@H](c1cccs1)N(C(=O)C=C1CCC(C)CC1)CC2. The fourth-order valence-corrected chi connectivity index (χ4v) is 5.33. The van der Waals surface area contributed by atoms with Crippen molar-refractivity contribution in [1.82, 2.24) is 4.90 Å². The highest BCUT2D eigenvalue weighted by molar-refractivity contribution is 7.10. The minimum absolute atomic E-state index is 0.0783. The van der Waals surface area contributed by atoms with Crippen molar-refractivity contribution in [3.63, 3.8) is 0 Å². The first kappa shape index (κ1) is 20.0. The number of hydrogen-bond donors (Lipinski definition) is 0. The van der Waals surface area contributed by atoms with Gasteiger partial charge >= 0.3 is 0 Å². The molecule has 1 aromatic heterocycles. The summed E-state index contributed by atoms with van der Waals surface area (Å²) in [5, 5.41) is 2.08. The van der Waals surface area contributed by atoms with Crippen LogP contribution in [0.25, 0.3) is 0 Å². The minimum atomic E-state index is -0.0783. The zero-order chi connectivity index (χ0) is 20.4. The van der Waals surface area contributed by atoms with Crippen LogP contribution in [0.3, 0.4) is 0 Å². The Bertz CT molecular complexity index is 893. The molecule has 4 rings (SSSR count). The molecule has 0 bridgehead atoms. The van der Waals surface area contributed by atoms with E-state index in [1.165, 1.54) is 28.9 Å². The second kappa shape index (κ2) is 8.62. The predicted molar refractivity (Wildman–Crippen MR) is 117 cm³/mol. The number of ether oxygens (including phenoxy) is 2. The molecular weight excluding hydrogens is 382 g/mol. The van der Waals surface area contributed by atoms with E-state index in [1.54, 1.807) is 25.6 Å². The number of hydrogen-bond acceptors (Lipinski definition) is 4. The number of thiophene rings is 1. The number of carbonyl (C=O) groups excluding carboxylic acids is 1. The molecule has 1 aliphatic heterocycles. The van der Waals surface area contributed by atoms with E-state index in [0.717, 1.165) is 36.5 Å². The fraction of sp³-hybridized carbons (Fsp3) is 0.458. The number of nitrogens with zero attached hydrogens (tertiary/aromatic N) is 1. The van der Waals surface area contributed by atoms with Gasteiger partial charge < -0.3 is 14.4 Å². The fourth-order valence-electron chi connectivity index (χ4n) is 4.47. The Kier molecular flexibility index (Phi) is 5.95. The predicted octanol–water partition coefficient (Wildman–Crippen LogP) is 5.38. The van der Waals surface area contributed by atoms with Crippen LogP contribution in [0.1, 0.15) is 54.7 Å². The second-order valence-corrected chi connectivity index (χ2v) is 9.07. The Balaban J connectivity index is 1.70. The van der Waals surface area contributed by atoms with Gasteiger partial charge in [0.2, 0.25) is 5.91 Å². The molecule has 0 N–H and O–H groups in total. The molecule has 1 aliphatic carbocycles. The van der Waals surface area contributed by atoms with Crippen LogP contribution in [0.15, 0.2) is 41.3 Å². The average molecular weight is 412 g/mol. The van der Waals surface area contributed by atoms with Gasteiger partial charge in [0.25, 0.3) is 0 Å². The number of carbonyl (C=O) groups is 1. The molecule has 2 aromatic rings. The highest BCUT2D eigenvalue weighted by atomic mass is 32.1. The first-order valence-corrected chi connectivity index (χ1v) is 11.3. The molecule has 5 heteroatoms. The summed E-state index contributed by atoms with van der Waals surface area (Å²) in [6.07, 6.45) is 7.21. The Morgan fingerprint density at radius 3 is 2.52 bits per heavy atom. The van der Waals surface area contributed by atoms with Crippen molar-refractivity contribution in [1.29, 1.82) is 0 Å². The van der Waals surface area contributed by atoms with Crippen LogP contribution in [-0.2, 0) is 11.2 Å². The second-order valence-electron chi connectivity index (χ2n) is 8.09. The molecule has 29 heavy (non-hydrogen) atoms. The average Bonchev–Trinajstić information content (AvgIpc) is 3.27. The lowest BCUT2D eigenvalue weighted by Crippen LogP contribution is -2.39. The molecule has 2 heterocycles. The molecule has 154 valence electrons. The lowest BCUT2D eigenvalue weighted by molar-refractivity contribution is -0.128. The van der Waals surface area contributed by atoms with E-state index in [1.807, 2.05) is 17.0 Å². The van der Waals surface area contributed by atoms with Crippen LogP contribution < -0.4 is 9.47 Å². The van der Waals surface area contributed by atoms with Gasteiger partial charge in [0.05, 0.1) is 20.3 Å². The van der Waals surface area contributed by atoms with Crippen LogP contribution in [0, 0.1) is 5.92 Å². The lowest BCUT2D eigenvalue weighted by atomic mass is 9.86. The van der Waals surface area contributed by atoms with Crippen LogP contribution in [0.2, 0.25) is 0 Å². The minimum Gasteiger partial charge on any atom is -0.493 e. The van der Waals surface area contributed by atoms with Crippen LogP contribution >= 0.6 is 11.3 Å². The van der Waals surface area contributed by atoms with E-state index >= 15 is 0 Å². The van der Waals surface area contributed by atoms with Crippen molar-refractivity contribution in [3.05, 3.63) is 57.3 Å². The highest BCUT2D eigenvalue weighted by Crippen LogP contribution is 2.42. The van der Waals surface area contributed by atoms with Gasteiger partial charge in [-0.15, -0.1) is 11.3 Å². The third-order valence-electron chi connectivity index (χ3n) is 6.21. The molecule has 1 aromatic carbocycles. The molecule has 1 fully saturated rings. The molecule has 0 spiro atoms. The van der Waals surface area contributed by atoms with Crippen LogP contribution in [0.5, 0.6) is 11.5 Å². The number of benzene rings is 1. The first-order valence-electron chi connectivity index (χ1n) is 10.4. The maximum atomic E-state index is 13.3. The van der Waals surface area contributed by atoms with Crippen molar-refractivity contribution in [2.75, 3.05) is 20.8 Å². The van der Waals surface area contributed by atoms with E-state index in [0.29, 0.717) is 12.3 Å². The first-order chi connectivity index (χ1) is 14.1. The normalized spacial score (nSPS) is 21.5. The molecule has 1 saturated carbocycles. The van der Waals surface area contributed by atoms with Gasteiger partial charge in [0.15, 0.2) is 11.5 Å². The number of rotatable bonds is 4. The summed E-state index contributed by atoms with van der Waals surface area (Å²) in [7, 11) is 3.32. The maximum absolute atomic E-state index is 13.3. The Hall–Kier alpha value is -2.27. The van der Waals surface area contributed by atoms with Crippen LogP contribution in [-0.4, -0.2) is 31.6 Å². The standard InChI is InChI=1S/C24H29NO3S/c1-16-6-8-17(9-7-16)13-23(26)25-11-10-18-14-20(27-2)21(28-3)15-19(18)24(25)22-5-4-12-29-22/h4-5,12-16,24H,6-11H2,1-3H3/t16?,24-/m1/s1. The van der Waals surface area contributed by atoms with Gasteiger partial charge in [0, 0.05) is 17.5 Å². The zero-order valence-electron chi connectivity index (χ0n) is 17.4. The van der Waals surface area contributed by atoms with Gasteiger partial charge in [-0.1, -0.05) is 18.6 Å². The van der Waals surface area contributed by atoms with Crippen molar-refractivity contribution < 1.29 is 14.3 Å². The van der Waals surface area contributed by atoms with Gasteiger partial charge in [-0.3, -0.25) is 4.79 Å². The summed E-state index contributed by atoms with van der Waals surface area (Å²) in [6.45, 7) is 3.01. The molecule has 1 atom stereocenters. The largest absolute Gasteiger partial charge is 0.493 e. The third-order valence-corrected chi connectivity index (χ3v) is 7.14. The van der Waals surface area contributed by atoms with Crippen molar-refractivity contribution in [2.45, 2.75) is 45.1 Å². The topological polar surface area (TPSA) is 38.8 Å². The quantitative estimate of drug-likeness (QED) is 0.635. The third kappa shape index (κ3) is 4.06. The Morgan fingerprint density at radius 2 is 1.86 bits per heavy atom. The summed E-state index contributed by atoms with van der Waals surface area (Å²) >= 11 is 1.70. The summed E-state index contributed by atoms with van der Waals surface area (Å²) in [6, 6.07) is 8.21. The number of methoxy groups -OCH3 is 2. The number of fused-ring (bicyclic) bond motifs is 1. The molecular formula is C24H29NO3S. The summed E-state index contributed by atoms with van der Waals surface area (Å²) in [4.78, 5) is 16.6. The number of amides is 1. The monoisotopic (exact) mass is 411 g/mol. The number of allylic oxidation sites excluding steroid dienone is 1. The Labute approximate surface area is 177 Å². The van der Waals surface area contributed by atoms with E-state index in [4.69, 9.17) is 9.47 Å². The molecule has 2 aliphatic rings. The molecule has 4 nitrogen and oxygen atoms in total. The molecule has 0 saturated heterocycles. The zero-order valence-corrected chi connectivity index (χ0v) is 18.3. The van der Waals surface area contributed by atoms with E-state index in [9.17, 15) is 4.79 Å². The van der Waals surface area contributed by atoms with Gasteiger partial charge in [-0.05, 0) is 72.7 Å². The molecule has 0 unspecified atom stereocenters. The molecule has 1 amide bonds. The van der Waals surface area contributed by atoms with E-state index in [-0.39, 0.29) is 11.9 Å². The maximum Gasteiger partial charge on any atom is 0.247 e. The van der Waals surface area contributed by atoms with Crippen molar-refractivity contribution in [2.24, 2.45) is 5.92 Å². The Morgan fingerprint density at radius 1 is 1.14 bits per heavy atom. The summed E-state index contributed by atoms with van der Waals surface area (Å²) < 4.78 is 11.1. The van der Waals surface area contributed by atoms with E-state index < -0.39 is 0 Å². The van der Waals surface area contributed by atoms with Gasteiger partial charge in [0.1, 0.15) is 0 Å². The lowest BCUT2D eigenvalue weighted by Gasteiger charge is -2.37. The van der Waals surface area contributed by atoms with Crippen molar-refractivity contribution in [3.8, 4) is 11.5 Å². The van der Waals surface area contributed by atoms with Gasteiger partial charge in [-0.2, -0.15) is 0 Å². The van der Waals surface area contributed by atoms with E-state index in [2.05, 4.69) is 30.5 Å². The smallest absolute Gasteiger partial charge is 0.247 e. The highest BCUT2D eigenvalue weighted by Gasteiger charge is 2.33. The van der Waals surface area contributed by atoms with Crippen LogP contribution in [0.4, 0.5) is 0 Å². The summed E-state index contributed by atoms with van der Waals surface area (Å²) in [5.74, 6) is 2.36. The van der Waals surface area contributed by atoms with Crippen molar-refractivity contribution >= 4 is 17.2 Å². The summed E-state index contributed by atoms with van der Waals surface area (Å²) in [5.41, 5.74) is 3.67. The molecule has 0 radical (unpaired) electrons.